The van der Waals surface area contributed by atoms with Crippen molar-refractivity contribution in [2.75, 3.05) is 18.8 Å². The van der Waals surface area contributed by atoms with Crippen LogP contribution in [0.5, 0.6) is 11.5 Å². The fourth-order valence-electron chi connectivity index (χ4n) is 2.53. The summed E-state index contributed by atoms with van der Waals surface area (Å²) >= 11 is 0.874. The molecule has 0 aromatic heterocycles. The largest absolute Gasteiger partial charge is 0.454 e. The molecule has 6 nitrogen and oxygen atoms in total. The topological polar surface area (TPSA) is 67.9 Å². The number of anilines is 1. The summed E-state index contributed by atoms with van der Waals surface area (Å²) in [4.78, 5) is 26.1. The molecule has 2 aliphatic rings. The van der Waals surface area contributed by atoms with Crippen LogP contribution in [0, 0.1) is 5.82 Å². The van der Waals surface area contributed by atoms with Gasteiger partial charge in [-0.2, -0.15) is 0 Å². The second-order valence-corrected chi connectivity index (χ2v) is 6.56. The Morgan fingerprint density at radius 1 is 1.12 bits per heavy atom. The van der Waals surface area contributed by atoms with Crippen LogP contribution < -0.4 is 14.8 Å². The van der Waals surface area contributed by atoms with Crippen molar-refractivity contribution in [1.29, 1.82) is 0 Å². The predicted octanol–water partition coefficient (Wildman–Crippen LogP) is 3.66. The van der Waals surface area contributed by atoms with Crippen LogP contribution >= 0.6 is 11.8 Å². The SMILES string of the molecule is O=C1S/C(=C/c2ccc3c(c2)OCO3)C(=O)N1CNc1ccc(F)cc1. The Morgan fingerprint density at radius 2 is 1.88 bits per heavy atom. The number of thioether (sulfide) groups is 1. The Hall–Kier alpha value is -3.00. The van der Waals surface area contributed by atoms with Crippen molar-refractivity contribution >= 4 is 34.7 Å². The third-order valence-corrected chi connectivity index (χ3v) is 4.76. The maximum atomic E-state index is 12.9. The number of carbonyl (C=O) groups is 2. The van der Waals surface area contributed by atoms with Gasteiger partial charge in [0.2, 0.25) is 6.79 Å². The van der Waals surface area contributed by atoms with E-state index in [1.807, 2.05) is 0 Å². The van der Waals surface area contributed by atoms with Crippen molar-refractivity contribution in [1.82, 2.24) is 4.90 Å². The smallest absolute Gasteiger partial charge is 0.295 e. The van der Waals surface area contributed by atoms with E-state index in [0.29, 0.717) is 22.1 Å². The van der Waals surface area contributed by atoms with Gasteiger partial charge in [-0.3, -0.25) is 14.5 Å². The molecule has 26 heavy (non-hydrogen) atoms. The molecule has 132 valence electrons. The lowest BCUT2D eigenvalue weighted by molar-refractivity contribution is -0.122. The van der Waals surface area contributed by atoms with Gasteiger partial charge in [0, 0.05) is 5.69 Å². The number of fused-ring (bicyclic) bond motifs is 1. The van der Waals surface area contributed by atoms with Gasteiger partial charge in [0.15, 0.2) is 11.5 Å². The van der Waals surface area contributed by atoms with Gasteiger partial charge in [-0.25, -0.2) is 4.39 Å². The van der Waals surface area contributed by atoms with Gasteiger partial charge >= 0.3 is 0 Å². The standard InChI is InChI=1S/C18H13FN2O4S/c19-12-2-4-13(5-3-12)20-9-21-17(22)16(26-18(21)23)8-11-1-6-14-15(7-11)25-10-24-14/h1-8,20H,9-10H2/b16-8+. The molecule has 4 rings (SSSR count). The molecule has 0 spiro atoms. The number of hydrogen-bond donors (Lipinski definition) is 1. The predicted molar refractivity (Wildman–Crippen MR) is 95.3 cm³/mol. The fraction of sp³-hybridized carbons (Fsp3) is 0.111. The van der Waals surface area contributed by atoms with Gasteiger partial charge in [0.05, 0.1) is 11.6 Å². The molecule has 2 aliphatic heterocycles. The Balaban J connectivity index is 1.47. The van der Waals surface area contributed by atoms with Gasteiger partial charge in [-0.05, 0) is 59.8 Å². The summed E-state index contributed by atoms with van der Waals surface area (Å²) in [5, 5.41) is 2.57. The van der Waals surface area contributed by atoms with Crippen molar-refractivity contribution in [3.05, 3.63) is 58.8 Å². The van der Waals surface area contributed by atoms with E-state index in [1.165, 1.54) is 24.3 Å². The maximum absolute atomic E-state index is 12.9. The maximum Gasteiger partial charge on any atom is 0.295 e. The number of hydrogen-bond acceptors (Lipinski definition) is 6. The monoisotopic (exact) mass is 372 g/mol. The number of imide groups is 1. The van der Waals surface area contributed by atoms with E-state index in [4.69, 9.17) is 9.47 Å². The van der Waals surface area contributed by atoms with Crippen molar-refractivity contribution in [3.8, 4) is 11.5 Å². The van der Waals surface area contributed by atoms with Crippen LogP contribution in [0.15, 0.2) is 47.4 Å². The molecule has 0 atom stereocenters. The first-order chi connectivity index (χ1) is 12.6. The molecule has 0 bridgehead atoms. The lowest BCUT2D eigenvalue weighted by Crippen LogP contribution is -2.33. The molecule has 0 aliphatic carbocycles. The Kier molecular flexibility index (Phi) is 4.26. The number of ether oxygens (including phenoxy) is 2. The number of nitrogens with zero attached hydrogens (tertiary/aromatic N) is 1. The van der Waals surface area contributed by atoms with E-state index in [9.17, 15) is 14.0 Å². The zero-order chi connectivity index (χ0) is 18.1. The summed E-state index contributed by atoms with van der Waals surface area (Å²) in [5.74, 6) is 0.523. The summed E-state index contributed by atoms with van der Waals surface area (Å²) in [6, 6.07) is 11.0. The molecule has 8 heteroatoms. The van der Waals surface area contributed by atoms with Crippen molar-refractivity contribution < 1.29 is 23.5 Å². The Labute approximate surface area is 152 Å². The summed E-state index contributed by atoms with van der Waals surface area (Å²) in [7, 11) is 0. The zero-order valence-electron chi connectivity index (χ0n) is 13.4. The second-order valence-electron chi connectivity index (χ2n) is 5.56. The van der Waals surface area contributed by atoms with E-state index in [0.717, 1.165) is 22.2 Å². The van der Waals surface area contributed by atoms with Gasteiger partial charge in [-0.1, -0.05) is 6.07 Å². The summed E-state index contributed by atoms with van der Waals surface area (Å²) in [5.41, 5.74) is 1.36. The average molecular weight is 372 g/mol. The normalized spacial score (nSPS) is 17.3. The number of amides is 2. The first-order valence-corrected chi connectivity index (χ1v) is 8.56. The molecule has 1 N–H and O–H groups in total. The zero-order valence-corrected chi connectivity index (χ0v) is 14.2. The van der Waals surface area contributed by atoms with Crippen molar-refractivity contribution in [2.45, 2.75) is 0 Å². The fourth-order valence-corrected chi connectivity index (χ4v) is 3.37. The molecule has 0 radical (unpaired) electrons. The number of rotatable bonds is 4. The Morgan fingerprint density at radius 3 is 2.69 bits per heavy atom. The molecular formula is C18H13FN2O4S. The van der Waals surface area contributed by atoms with Crippen LogP contribution in [0.1, 0.15) is 5.56 Å². The highest BCUT2D eigenvalue weighted by Crippen LogP contribution is 2.36. The molecule has 2 heterocycles. The van der Waals surface area contributed by atoms with Crippen LogP contribution in [0.4, 0.5) is 14.9 Å². The molecule has 2 aromatic rings. The van der Waals surface area contributed by atoms with Crippen molar-refractivity contribution in [3.63, 3.8) is 0 Å². The third-order valence-electron chi connectivity index (χ3n) is 3.85. The highest BCUT2D eigenvalue weighted by Gasteiger charge is 2.34. The molecular weight excluding hydrogens is 359 g/mol. The second kappa shape index (κ2) is 6.72. The minimum atomic E-state index is -0.382. The molecule has 1 fully saturated rings. The number of carbonyl (C=O) groups excluding carboxylic acids is 2. The van der Waals surface area contributed by atoms with E-state index in [2.05, 4.69) is 5.32 Å². The summed E-state index contributed by atoms with van der Waals surface area (Å²) in [6.45, 7) is 0.180. The van der Waals surface area contributed by atoms with Crippen molar-refractivity contribution in [2.24, 2.45) is 0 Å². The quantitative estimate of drug-likeness (QED) is 0.826. The molecule has 0 saturated carbocycles. The summed E-state index contributed by atoms with van der Waals surface area (Å²) in [6.07, 6.45) is 1.64. The lowest BCUT2D eigenvalue weighted by atomic mass is 10.2. The van der Waals surface area contributed by atoms with Gasteiger partial charge in [-0.15, -0.1) is 0 Å². The van der Waals surface area contributed by atoms with Gasteiger partial charge < -0.3 is 14.8 Å². The van der Waals surface area contributed by atoms with Gasteiger partial charge in [0.25, 0.3) is 11.1 Å². The molecule has 2 aromatic carbocycles. The van der Waals surface area contributed by atoms with Crippen LogP contribution in [0.25, 0.3) is 6.08 Å². The first kappa shape index (κ1) is 16.5. The first-order valence-electron chi connectivity index (χ1n) is 7.74. The van der Waals surface area contributed by atoms with E-state index in [1.54, 1.807) is 24.3 Å². The van der Waals surface area contributed by atoms with Gasteiger partial charge in [0.1, 0.15) is 5.82 Å². The van der Waals surface area contributed by atoms with Crippen LogP contribution in [-0.2, 0) is 4.79 Å². The number of benzene rings is 2. The molecule has 0 unspecified atom stereocenters. The highest BCUT2D eigenvalue weighted by molar-refractivity contribution is 8.18. The van der Waals surface area contributed by atoms with Crippen LogP contribution in [-0.4, -0.2) is 29.5 Å². The summed E-state index contributed by atoms with van der Waals surface area (Å²) < 4.78 is 23.5. The number of nitrogens with one attached hydrogen (secondary N) is 1. The molecule has 1 saturated heterocycles. The minimum Gasteiger partial charge on any atom is -0.454 e. The van der Waals surface area contributed by atoms with Crippen LogP contribution in [0.3, 0.4) is 0 Å². The van der Waals surface area contributed by atoms with E-state index < -0.39 is 0 Å². The number of halogens is 1. The highest BCUT2D eigenvalue weighted by atomic mass is 32.2. The average Bonchev–Trinajstić information content (AvgIpc) is 3.20. The van der Waals surface area contributed by atoms with E-state index in [-0.39, 0.29) is 30.4 Å². The van der Waals surface area contributed by atoms with E-state index >= 15 is 0 Å². The van der Waals surface area contributed by atoms with Crippen LogP contribution in [0.2, 0.25) is 0 Å². The Bertz CT molecular complexity index is 914. The lowest BCUT2D eigenvalue weighted by Gasteiger charge is -2.14. The molecule has 2 amide bonds. The minimum absolute atomic E-state index is 0.00871. The third kappa shape index (κ3) is 3.23.